The maximum absolute atomic E-state index is 11.4. The summed E-state index contributed by atoms with van der Waals surface area (Å²) >= 11 is 0. The summed E-state index contributed by atoms with van der Waals surface area (Å²) in [6, 6.07) is 0. The summed E-state index contributed by atoms with van der Waals surface area (Å²) in [4.78, 5) is 21.6. The van der Waals surface area contributed by atoms with E-state index in [1.165, 1.54) is 0 Å². The van der Waals surface area contributed by atoms with E-state index < -0.39 is 36.7 Å². The van der Waals surface area contributed by atoms with Crippen LogP contribution in [-0.2, 0) is 9.59 Å². The molecule has 0 aromatic heterocycles. The lowest BCUT2D eigenvalue weighted by Crippen LogP contribution is -2.46. The van der Waals surface area contributed by atoms with E-state index in [9.17, 15) is 19.8 Å². The number of carbonyl (C=O) groups excluding carboxylic acids is 1. The van der Waals surface area contributed by atoms with Crippen LogP contribution >= 0.6 is 0 Å². The Hall–Kier alpha value is -1.06. The number of nitrogens with one attached hydrogen (secondary N) is 1. The van der Waals surface area contributed by atoms with E-state index in [1.807, 2.05) is 0 Å². The van der Waals surface area contributed by atoms with Crippen LogP contribution in [0.5, 0.6) is 0 Å². The van der Waals surface area contributed by atoms with Gasteiger partial charge in [0.2, 0.25) is 0 Å². The molecule has 19 heavy (non-hydrogen) atoms. The van der Waals surface area contributed by atoms with E-state index in [0.29, 0.717) is 19.4 Å². The molecule has 0 amide bonds. The summed E-state index contributed by atoms with van der Waals surface area (Å²) in [5.74, 6) is -1.59. The number of carboxylic acids is 1. The molecule has 0 rings (SSSR count). The van der Waals surface area contributed by atoms with E-state index >= 15 is 0 Å². The predicted octanol–water partition coefficient (Wildman–Crippen LogP) is -2.52. The van der Waals surface area contributed by atoms with E-state index in [4.69, 9.17) is 15.3 Å². The summed E-state index contributed by atoms with van der Waals surface area (Å²) in [5, 5.41) is 47.4. The minimum Gasteiger partial charge on any atom is -0.481 e. The molecule has 0 aromatic rings. The van der Waals surface area contributed by atoms with Gasteiger partial charge in [0, 0.05) is 6.42 Å². The number of ketones is 1. The lowest BCUT2D eigenvalue weighted by molar-refractivity contribution is -0.139. The number of rotatable bonds is 11. The van der Waals surface area contributed by atoms with Crippen molar-refractivity contribution in [3.05, 3.63) is 0 Å². The van der Waals surface area contributed by atoms with Crippen molar-refractivity contribution in [3.63, 3.8) is 0 Å². The fourth-order valence-electron chi connectivity index (χ4n) is 1.35. The van der Waals surface area contributed by atoms with E-state index in [1.54, 1.807) is 0 Å². The van der Waals surface area contributed by atoms with Crippen molar-refractivity contribution in [1.82, 2.24) is 5.32 Å². The quantitative estimate of drug-likeness (QED) is 0.227. The number of aliphatic hydroxyl groups is 4. The van der Waals surface area contributed by atoms with Gasteiger partial charge in [0.1, 0.15) is 18.3 Å². The molecule has 0 spiro atoms. The molecule has 0 saturated carbocycles. The third-order valence-electron chi connectivity index (χ3n) is 2.53. The number of hydrogen-bond donors (Lipinski definition) is 6. The van der Waals surface area contributed by atoms with Gasteiger partial charge < -0.3 is 30.8 Å². The Balaban J connectivity index is 3.76. The predicted molar refractivity (Wildman–Crippen MR) is 64.5 cm³/mol. The number of Topliss-reactive ketones (excluding diaryl/α,β-unsaturated/α-hetero) is 1. The molecule has 6 N–H and O–H groups in total. The highest BCUT2D eigenvalue weighted by molar-refractivity contribution is 5.85. The molecule has 0 aliphatic heterocycles. The zero-order valence-corrected chi connectivity index (χ0v) is 10.5. The molecule has 112 valence electrons. The first-order valence-corrected chi connectivity index (χ1v) is 6.00. The van der Waals surface area contributed by atoms with E-state index in [2.05, 4.69) is 5.32 Å². The zero-order chi connectivity index (χ0) is 14.8. The van der Waals surface area contributed by atoms with Crippen LogP contribution in [0.25, 0.3) is 0 Å². The van der Waals surface area contributed by atoms with Gasteiger partial charge in [-0.1, -0.05) is 0 Å². The highest BCUT2D eigenvalue weighted by Crippen LogP contribution is 2.01. The number of carbonyl (C=O) groups is 2. The lowest BCUT2D eigenvalue weighted by atomic mass is 10.0. The van der Waals surface area contributed by atoms with Crippen molar-refractivity contribution >= 4 is 11.8 Å². The number of carboxylic acid groups (broad SMARTS) is 1. The molecular formula is C11H21NO7. The highest BCUT2D eigenvalue weighted by Gasteiger charge is 2.29. The molecule has 0 aliphatic carbocycles. The van der Waals surface area contributed by atoms with Gasteiger partial charge in [-0.25, -0.2) is 0 Å². The maximum Gasteiger partial charge on any atom is 0.303 e. The largest absolute Gasteiger partial charge is 0.481 e. The number of aliphatic carboxylic acids is 1. The maximum atomic E-state index is 11.4. The molecule has 0 radical (unpaired) electrons. The Morgan fingerprint density at radius 3 is 2.26 bits per heavy atom. The van der Waals surface area contributed by atoms with Crippen LogP contribution < -0.4 is 5.32 Å². The molecule has 0 aliphatic rings. The second-order valence-electron chi connectivity index (χ2n) is 4.18. The number of unbranched alkanes of at least 4 members (excludes halogenated alkanes) is 1. The summed E-state index contributed by atoms with van der Waals surface area (Å²) < 4.78 is 0. The third kappa shape index (κ3) is 7.85. The van der Waals surface area contributed by atoms with Crippen molar-refractivity contribution in [2.24, 2.45) is 0 Å². The van der Waals surface area contributed by atoms with Gasteiger partial charge in [-0.05, 0) is 19.4 Å². The molecule has 0 saturated heterocycles. The van der Waals surface area contributed by atoms with Crippen LogP contribution in [0.4, 0.5) is 0 Å². The fourth-order valence-corrected chi connectivity index (χ4v) is 1.35. The smallest absolute Gasteiger partial charge is 0.303 e. The molecule has 0 aromatic carbocycles. The molecule has 0 heterocycles. The fraction of sp³-hybridized carbons (Fsp3) is 0.818. The monoisotopic (exact) mass is 279 g/mol. The minimum atomic E-state index is -1.77. The van der Waals surface area contributed by atoms with Crippen molar-refractivity contribution in [3.8, 4) is 0 Å². The van der Waals surface area contributed by atoms with Gasteiger partial charge in [-0.2, -0.15) is 0 Å². The molecule has 8 nitrogen and oxygen atoms in total. The SMILES string of the molecule is O=C(O)CCCCNCC(=O)[C@@H](O)[C@H](O)[C@H](O)CO. The van der Waals surface area contributed by atoms with Crippen molar-refractivity contribution in [2.45, 2.75) is 37.6 Å². The first-order valence-electron chi connectivity index (χ1n) is 6.00. The van der Waals surface area contributed by atoms with Crippen LogP contribution in [0.3, 0.4) is 0 Å². The van der Waals surface area contributed by atoms with Crippen LogP contribution in [0.2, 0.25) is 0 Å². The van der Waals surface area contributed by atoms with Gasteiger partial charge in [0.15, 0.2) is 5.78 Å². The highest BCUT2D eigenvalue weighted by atomic mass is 16.4. The molecule has 8 heteroatoms. The lowest BCUT2D eigenvalue weighted by Gasteiger charge is -2.20. The molecule has 0 fully saturated rings. The van der Waals surface area contributed by atoms with E-state index in [0.717, 1.165) is 0 Å². The normalized spacial score (nSPS) is 15.8. The number of hydrogen-bond acceptors (Lipinski definition) is 7. The Morgan fingerprint density at radius 1 is 1.11 bits per heavy atom. The van der Waals surface area contributed by atoms with Gasteiger partial charge in [-0.3, -0.25) is 9.59 Å². The van der Waals surface area contributed by atoms with Gasteiger partial charge in [0.05, 0.1) is 13.2 Å². The topological polar surface area (TPSA) is 147 Å². The van der Waals surface area contributed by atoms with Crippen LogP contribution in [-0.4, -0.2) is 75.3 Å². The standard InChI is InChI=1S/C11H21NO7/c13-6-8(15)11(19)10(18)7(14)5-12-4-2-1-3-9(16)17/h8,10-13,15,18-19H,1-6H2,(H,16,17)/t8-,10-,11-/m1/s1. The molecule has 0 bridgehead atoms. The Labute approximate surface area is 110 Å². The molecule has 3 atom stereocenters. The van der Waals surface area contributed by atoms with Crippen LogP contribution in [0, 0.1) is 0 Å². The second-order valence-corrected chi connectivity index (χ2v) is 4.18. The summed E-state index contributed by atoms with van der Waals surface area (Å²) in [6.07, 6.45) is -3.98. The first kappa shape index (κ1) is 17.9. The Kier molecular flexibility index (Phi) is 9.27. The average molecular weight is 279 g/mol. The minimum absolute atomic E-state index is 0.0552. The zero-order valence-electron chi connectivity index (χ0n) is 10.5. The van der Waals surface area contributed by atoms with Gasteiger partial charge in [-0.15, -0.1) is 0 Å². The van der Waals surface area contributed by atoms with Crippen LogP contribution in [0.1, 0.15) is 19.3 Å². The van der Waals surface area contributed by atoms with Gasteiger partial charge >= 0.3 is 5.97 Å². The third-order valence-corrected chi connectivity index (χ3v) is 2.53. The summed E-state index contributed by atoms with van der Waals surface area (Å²) in [7, 11) is 0. The second kappa shape index (κ2) is 9.82. The van der Waals surface area contributed by atoms with E-state index in [-0.39, 0.29) is 13.0 Å². The van der Waals surface area contributed by atoms with Crippen molar-refractivity contribution in [2.75, 3.05) is 19.7 Å². The Morgan fingerprint density at radius 2 is 1.74 bits per heavy atom. The molecular weight excluding hydrogens is 258 g/mol. The van der Waals surface area contributed by atoms with Gasteiger partial charge in [0.25, 0.3) is 0 Å². The summed E-state index contributed by atoms with van der Waals surface area (Å²) in [6.45, 7) is -0.554. The molecule has 0 unspecified atom stereocenters. The average Bonchev–Trinajstić information content (AvgIpc) is 2.39. The van der Waals surface area contributed by atoms with Crippen molar-refractivity contribution < 1.29 is 35.1 Å². The number of aliphatic hydroxyl groups excluding tert-OH is 4. The van der Waals surface area contributed by atoms with Crippen LogP contribution in [0.15, 0.2) is 0 Å². The Bertz CT molecular complexity index is 284. The van der Waals surface area contributed by atoms with Crippen molar-refractivity contribution in [1.29, 1.82) is 0 Å². The summed E-state index contributed by atoms with van der Waals surface area (Å²) in [5.41, 5.74) is 0. The first-order chi connectivity index (χ1) is 8.90.